The number of carbonyl (C=O) groups excluding carboxylic acids is 1. The van der Waals surface area contributed by atoms with Gasteiger partial charge in [0.25, 0.3) is 0 Å². The van der Waals surface area contributed by atoms with Crippen molar-refractivity contribution in [2.24, 2.45) is 5.92 Å². The molecule has 0 saturated carbocycles. The van der Waals surface area contributed by atoms with Gasteiger partial charge in [-0.15, -0.1) is 0 Å². The summed E-state index contributed by atoms with van der Waals surface area (Å²) >= 11 is 1.50. The first kappa shape index (κ1) is 23.6. The van der Waals surface area contributed by atoms with Gasteiger partial charge >= 0.3 is 0 Å². The smallest absolute Gasteiger partial charge is 0.205 e. The first-order valence-corrected chi connectivity index (χ1v) is 13.1. The van der Waals surface area contributed by atoms with Crippen LogP contribution in [0.5, 0.6) is 0 Å². The lowest BCUT2D eigenvalue weighted by atomic mass is 9.92. The summed E-state index contributed by atoms with van der Waals surface area (Å²) in [5.41, 5.74) is 4.71. The minimum Gasteiger partial charge on any atom is -0.347 e. The minimum atomic E-state index is 0.284. The predicted octanol–water partition coefficient (Wildman–Crippen LogP) is 6.66. The monoisotopic (exact) mass is 461 g/mol. The quantitative estimate of drug-likeness (QED) is 0.334. The number of anilines is 1. The largest absolute Gasteiger partial charge is 0.347 e. The van der Waals surface area contributed by atoms with Gasteiger partial charge in [0.1, 0.15) is 5.82 Å². The number of unbranched alkanes of at least 4 members (excludes halogenated alkanes) is 1. The SMILES string of the molecule is CCCCc1ccc(C(=O)CC2CCCN(c3nc(Cc4ccc(C)cc4)ns3)CC2)cc1. The average Bonchev–Trinajstić information content (AvgIpc) is 3.17. The zero-order valence-corrected chi connectivity index (χ0v) is 20.7. The van der Waals surface area contributed by atoms with Gasteiger partial charge in [0.05, 0.1) is 0 Å². The number of ketones is 1. The van der Waals surface area contributed by atoms with E-state index in [1.54, 1.807) is 0 Å². The fourth-order valence-electron chi connectivity index (χ4n) is 4.51. The first-order chi connectivity index (χ1) is 16.1. The zero-order valence-electron chi connectivity index (χ0n) is 19.9. The minimum absolute atomic E-state index is 0.284. The molecule has 5 heteroatoms. The molecule has 4 rings (SSSR count). The van der Waals surface area contributed by atoms with Crippen molar-refractivity contribution in [3.63, 3.8) is 0 Å². The summed E-state index contributed by atoms with van der Waals surface area (Å²) in [5.74, 6) is 1.63. The lowest BCUT2D eigenvalue weighted by molar-refractivity contribution is 0.0958. The topological polar surface area (TPSA) is 46.1 Å². The van der Waals surface area contributed by atoms with Gasteiger partial charge in [0.15, 0.2) is 5.78 Å². The van der Waals surface area contributed by atoms with E-state index in [9.17, 15) is 4.79 Å². The fourth-order valence-corrected chi connectivity index (χ4v) is 5.25. The van der Waals surface area contributed by atoms with Crippen molar-refractivity contribution in [3.05, 3.63) is 76.6 Å². The second-order valence-corrected chi connectivity index (χ2v) is 10.1. The summed E-state index contributed by atoms with van der Waals surface area (Å²) in [6.45, 7) is 6.26. The molecule has 0 amide bonds. The number of aryl methyl sites for hydroxylation is 2. The van der Waals surface area contributed by atoms with Crippen LogP contribution in [0.2, 0.25) is 0 Å². The third-order valence-electron chi connectivity index (χ3n) is 6.63. The Bertz CT molecular complexity index is 1030. The van der Waals surface area contributed by atoms with Crippen molar-refractivity contribution in [1.29, 1.82) is 0 Å². The summed E-state index contributed by atoms with van der Waals surface area (Å²) in [6.07, 6.45) is 8.16. The second kappa shape index (κ2) is 11.6. The Kier molecular flexibility index (Phi) is 8.27. The van der Waals surface area contributed by atoms with E-state index >= 15 is 0 Å². The van der Waals surface area contributed by atoms with E-state index in [0.29, 0.717) is 12.3 Å². The zero-order chi connectivity index (χ0) is 23.0. The van der Waals surface area contributed by atoms with Gasteiger partial charge in [-0.1, -0.05) is 67.4 Å². The van der Waals surface area contributed by atoms with Crippen LogP contribution >= 0.6 is 11.5 Å². The van der Waals surface area contributed by atoms with Gasteiger partial charge < -0.3 is 4.90 Å². The number of aromatic nitrogens is 2. The van der Waals surface area contributed by atoms with Gasteiger partial charge in [-0.25, -0.2) is 4.98 Å². The molecule has 0 bridgehead atoms. The van der Waals surface area contributed by atoms with E-state index in [4.69, 9.17) is 4.98 Å². The molecular weight excluding hydrogens is 426 g/mol. The summed E-state index contributed by atoms with van der Waals surface area (Å²) in [4.78, 5) is 20.1. The van der Waals surface area contributed by atoms with Crippen LogP contribution in [0, 0.1) is 12.8 Å². The Balaban J connectivity index is 1.29. The van der Waals surface area contributed by atoms with Crippen LogP contribution in [-0.4, -0.2) is 28.2 Å². The number of benzene rings is 2. The molecule has 0 radical (unpaired) electrons. The predicted molar refractivity (Wildman–Crippen MR) is 137 cm³/mol. The normalized spacial score (nSPS) is 16.5. The number of rotatable bonds is 9. The van der Waals surface area contributed by atoms with Gasteiger partial charge in [0.2, 0.25) is 5.13 Å². The number of carbonyl (C=O) groups is 1. The van der Waals surface area contributed by atoms with Crippen LogP contribution in [0.25, 0.3) is 0 Å². The summed E-state index contributed by atoms with van der Waals surface area (Å²) in [7, 11) is 0. The molecule has 1 fully saturated rings. The van der Waals surface area contributed by atoms with E-state index in [-0.39, 0.29) is 5.78 Å². The van der Waals surface area contributed by atoms with Crippen LogP contribution in [0.1, 0.15) is 78.3 Å². The highest BCUT2D eigenvalue weighted by molar-refractivity contribution is 7.09. The fraction of sp³-hybridized carbons (Fsp3) is 0.464. The Morgan fingerprint density at radius 3 is 2.55 bits per heavy atom. The van der Waals surface area contributed by atoms with Crippen LogP contribution in [-0.2, 0) is 12.8 Å². The molecule has 2 aromatic carbocycles. The van der Waals surface area contributed by atoms with Crippen LogP contribution in [0.4, 0.5) is 5.13 Å². The molecule has 1 unspecified atom stereocenters. The van der Waals surface area contributed by atoms with Crippen LogP contribution in [0.15, 0.2) is 48.5 Å². The number of hydrogen-bond acceptors (Lipinski definition) is 5. The molecular formula is C28H35N3OS. The highest BCUT2D eigenvalue weighted by atomic mass is 32.1. The van der Waals surface area contributed by atoms with E-state index in [2.05, 4.69) is 59.5 Å². The molecule has 1 saturated heterocycles. The van der Waals surface area contributed by atoms with Crippen molar-refractivity contribution < 1.29 is 4.79 Å². The molecule has 0 aliphatic carbocycles. The van der Waals surface area contributed by atoms with Crippen molar-refractivity contribution in [1.82, 2.24) is 9.36 Å². The Labute approximate surface area is 202 Å². The number of hydrogen-bond donors (Lipinski definition) is 0. The lowest BCUT2D eigenvalue weighted by Gasteiger charge is -2.18. The molecule has 4 nitrogen and oxygen atoms in total. The first-order valence-electron chi connectivity index (χ1n) is 12.4. The third-order valence-corrected chi connectivity index (χ3v) is 7.44. The van der Waals surface area contributed by atoms with E-state index in [1.165, 1.54) is 41.1 Å². The summed E-state index contributed by atoms with van der Waals surface area (Å²) in [5, 5.41) is 1.02. The van der Waals surface area contributed by atoms with Crippen molar-refractivity contribution in [2.45, 2.75) is 65.2 Å². The van der Waals surface area contributed by atoms with Crippen LogP contribution in [0.3, 0.4) is 0 Å². The molecule has 1 atom stereocenters. The standard InChI is InChI=1S/C28H35N3OS/c1-3-4-6-22-12-14-25(15-13-22)26(32)19-23-7-5-17-31(18-16-23)28-29-27(30-33-28)20-24-10-8-21(2)9-11-24/h8-15,23H,3-7,16-20H2,1-2H3. The van der Waals surface area contributed by atoms with Crippen molar-refractivity contribution >= 4 is 22.4 Å². The maximum Gasteiger partial charge on any atom is 0.205 e. The van der Waals surface area contributed by atoms with Gasteiger partial charge in [-0.05, 0) is 56.1 Å². The van der Waals surface area contributed by atoms with Gasteiger partial charge in [-0.2, -0.15) is 4.37 Å². The van der Waals surface area contributed by atoms with Crippen molar-refractivity contribution in [2.75, 3.05) is 18.0 Å². The lowest BCUT2D eigenvalue weighted by Crippen LogP contribution is -2.24. The van der Waals surface area contributed by atoms with Crippen molar-refractivity contribution in [3.8, 4) is 0 Å². The molecule has 0 N–H and O–H groups in total. The molecule has 2 heterocycles. The summed E-state index contributed by atoms with van der Waals surface area (Å²) in [6, 6.07) is 16.9. The molecule has 174 valence electrons. The summed E-state index contributed by atoms with van der Waals surface area (Å²) < 4.78 is 4.61. The van der Waals surface area contributed by atoms with Gasteiger partial charge in [0, 0.05) is 43.0 Å². The Morgan fingerprint density at radius 2 is 1.79 bits per heavy atom. The van der Waals surface area contributed by atoms with Crippen LogP contribution < -0.4 is 4.90 Å². The molecule has 1 aliphatic rings. The molecule has 33 heavy (non-hydrogen) atoms. The maximum atomic E-state index is 12.9. The van der Waals surface area contributed by atoms with E-state index in [0.717, 1.165) is 61.7 Å². The molecule has 3 aromatic rings. The van der Waals surface area contributed by atoms with E-state index < -0.39 is 0 Å². The number of Topliss-reactive ketones (excluding diaryl/α,β-unsaturated/α-hetero) is 1. The highest BCUT2D eigenvalue weighted by Crippen LogP contribution is 2.27. The number of nitrogens with zero attached hydrogens (tertiary/aromatic N) is 3. The third kappa shape index (κ3) is 6.73. The Hall–Kier alpha value is -2.53. The molecule has 1 aromatic heterocycles. The molecule has 0 spiro atoms. The average molecular weight is 462 g/mol. The van der Waals surface area contributed by atoms with E-state index in [1.807, 2.05) is 12.1 Å². The Morgan fingerprint density at radius 1 is 1.03 bits per heavy atom. The van der Waals surface area contributed by atoms with Gasteiger partial charge in [-0.3, -0.25) is 4.79 Å². The second-order valence-electron chi connectivity index (χ2n) is 9.37. The highest BCUT2D eigenvalue weighted by Gasteiger charge is 2.22. The molecule has 1 aliphatic heterocycles. The maximum absolute atomic E-state index is 12.9.